The lowest BCUT2D eigenvalue weighted by atomic mass is 9.97. The van der Waals surface area contributed by atoms with Crippen molar-refractivity contribution < 1.29 is 64.6 Å². The van der Waals surface area contributed by atoms with Crippen LogP contribution in [0.3, 0.4) is 0 Å². The molecule has 0 aliphatic carbocycles. The van der Waals surface area contributed by atoms with Gasteiger partial charge in [-0.05, 0) is 83.5 Å². The Morgan fingerprint density at radius 2 is 0.711 bits per heavy atom. The molecule has 2 heterocycles. The van der Waals surface area contributed by atoms with E-state index >= 15 is 0 Å². The van der Waals surface area contributed by atoms with Crippen molar-refractivity contribution in [2.24, 2.45) is 0 Å². The van der Waals surface area contributed by atoms with E-state index in [9.17, 15) is 45.6 Å². The molecule has 0 spiro atoms. The Kier molecular flexibility index (Phi) is 61.0. The summed E-state index contributed by atoms with van der Waals surface area (Å²) in [4.78, 5) is 13.4. The van der Waals surface area contributed by atoms with E-state index in [0.29, 0.717) is 19.3 Å². The molecule has 2 fully saturated rings. The molecule has 2 saturated heterocycles. The highest BCUT2D eigenvalue weighted by molar-refractivity contribution is 5.76. The van der Waals surface area contributed by atoms with Crippen LogP contribution in [-0.2, 0) is 23.7 Å². The van der Waals surface area contributed by atoms with Gasteiger partial charge in [0.05, 0.1) is 32.0 Å². The van der Waals surface area contributed by atoms with Gasteiger partial charge in [0, 0.05) is 6.42 Å². The third kappa shape index (κ3) is 49.0. The fraction of sp³-hybridized carbons (Fsp3) is 0.771. The number of carbonyl (C=O) groups is 1. The number of unbranched alkanes of at least 4 members (excludes halogenated alkanes) is 34. The summed E-state index contributed by atoms with van der Waals surface area (Å²) in [6, 6.07) is -0.841. The number of ether oxygens (including phenoxy) is 4. The van der Waals surface area contributed by atoms with Gasteiger partial charge in [-0.1, -0.05) is 335 Å². The maximum atomic E-state index is 13.4. The van der Waals surface area contributed by atoms with E-state index in [4.69, 9.17) is 18.9 Å². The maximum absolute atomic E-state index is 13.4. The van der Waals surface area contributed by atoms with Gasteiger partial charge >= 0.3 is 0 Å². The Morgan fingerprint density at radius 1 is 0.381 bits per heavy atom. The van der Waals surface area contributed by atoms with Gasteiger partial charge in [-0.2, -0.15) is 0 Å². The van der Waals surface area contributed by atoms with Gasteiger partial charge in [0.15, 0.2) is 12.6 Å². The number of carbonyl (C=O) groups excluding carboxylic acids is 1. The zero-order valence-corrected chi connectivity index (χ0v) is 61.3. The first-order valence-electron chi connectivity index (χ1n) is 39.6. The molecule has 97 heavy (non-hydrogen) atoms. The molecule has 560 valence electrons. The Balaban J connectivity index is 1.63. The van der Waals surface area contributed by atoms with Gasteiger partial charge in [-0.15, -0.1) is 0 Å². The van der Waals surface area contributed by atoms with Crippen LogP contribution in [0.2, 0.25) is 0 Å². The summed E-state index contributed by atoms with van der Waals surface area (Å²) in [5, 5.41) is 87.8. The lowest BCUT2D eigenvalue weighted by Gasteiger charge is -2.46. The Bertz CT molecular complexity index is 2050. The summed E-state index contributed by atoms with van der Waals surface area (Å²) in [5.74, 6) is -0.213. The molecule has 1 amide bonds. The highest BCUT2D eigenvalue weighted by Gasteiger charge is 2.51. The molecule has 14 nitrogen and oxygen atoms in total. The predicted octanol–water partition coefficient (Wildman–Crippen LogP) is 17.9. The zero-order chi connectivity index (χ0) is 70.1. The van der Waals surface area contributed by atoms with E-state index in [0.717, 1.165) is 109 Å². The Labute approximate surface area is 591 Å². The van der Waals surface area contributed by atoms with Crippen LogP contribution in [0, 0.1) is 0 Å². The summed E-state index contributed by atoms with van der Waals surface area (Å²) in [6.07, 6.45) is 78.2. The Morgan fingerprint density at radius 3 is 1.09 bits per heavy atom. The fourth-order valence-corrected chi connectivity index (χ4v) is 12.5. The van der Waals surface area contributed by atoms with Crippen molar-refractivity contribution in [1.29, 1.82) is 0 Å². The number of rotatable bonds is 65. The molecule has 12 atom stereocenters. The van der Waals surface area contributed by atoms with Crippen LogP contribution in [0.25, 0.3) is 0 Å². The number of hydrogen-bond acceptors (Lipinski definition) is 13. The number of aliphatic hydroxyl groups is 8. The maximum Gasteiger partial charge on any atom is 0.220 e. The van der Waals surface area contributed by atoms with Crippen LogP contribution in [0.5, 0.6) is 0 Å². The highest BCUT2D eigenvalue weighted by Crippen LogP contribution is 2.30. The smallest absolute Gasteiger partial charge is 0.220 e. The molecule has 0 bridgehead atoms. The molecular formula is C83H145NO13. The third-order valence-corrected chi connectivity index (χ3v) is 18.8. The number of amides is 1. The summed E-state index contributed by atoms with van der Waals surface area (Å²) in [6.45, 7) is 2.78. The minimum Gasteiger partial charge on any atom is -0.394 e. The second-order valence-corrected chi connectivity index (χ2v) is 27.5. The molecule has 14 heteroatoms. The molecule has 2 aliphatic rings. The average molecular weight is 1370 g/mol. The molecule has 2 aliphatic heterocycles. The second kappa shape index (κ2) is 65.9. The third-order valence-electron chi connectivity index (χ3n) is 18.8. The van der Waals surface area contributed by atoms with Crippen LogP contribution in [0.1, 0.15) is 316 Å². The van der Waals surface area contributed by atoms with Gasteiger partial charge in [-0.3, -0.25) is 4.79 Å². The van der Waals surface area contributed by atoms with Crippen LogP contribution < -0.4 is 5.32 Å². The van der Waals surface area contributed by atoms with E-state index < -0.39 is 86.8 Å². The van der Waals surface area contributed by atoms with Gasteiger partial charge in [0.1, 0.15) is 48.8 Å². The number of nitrogens with one attached hydrogen (secondary N) is 1. The Hall–Kier alpha value is -3.35. The van der Waals surface area contributed by atoms with E-state index in [-0.39, 0.29) is 12.5 Å². The van der Waals surface area contributed by atoms with Crippen molar-refractivity contribution in [3.63, 3.8) is 0 Å². The van der Waals surface area contributed by atoms with Crippen molar-refractivity contribution >= 4 is 5.91 Å². The van der Waals surface area contributed by atoms with Gasteiger partial charge < -0.3 is 65.1 Å². The van der Waals surface area contributed by atoms with Crippen LogP contribution in [-0.4, -0.2) is 140 Å². The molecule has 0 aromatic rings. The summed E-state index contributed by atoms with van der Waals surface area (Å²) >= 11 is 0. The highest BCUT2D eigenvalue weighted by atomic mass is 16.7. The van der Waals surface area contributed by atoms with Crippen molar-refractivity contribution in [2.75, 3.05) is 19.8 Å². The summed E-state index contributed by atoms with van der Waals surface area (Å²) in [7, 11) is 0. The SMILES string of the molecule is CC/C=C\C/C=C\C/C=C\C/C=C\C/C=C\C/C=C\C/C=C\C/C=C\C/C=C\CCCCCCCCCCCC(=O)NC(COC1OC(CO)C(OC2OC(CO)C(O)C(O)C2O)C(O)C1O)C(O)CCCCCCCCCCCCCCCCCCCCCCCCCCCC. The predicted molar refractivity (Wildman–Crippen MR) is 401 cm³/mol. The first kappa shape index (κ1) is 89.7. The minimum absolute atomic E-state index is 0.213. The largest absolute Gasteiger partial charge is 0.394 e. The van der Waals surface area contributed by atoms with E-state index in [2.05, 4.69) is 129 Å². The van der Waals surface area contributed by atoms with Crippen LogP contribution >= 0.6 is 0 Å². The standard InChI is InChI=1S/C83H145NO13/c1-3-5-7-9-11-13-15-17-19-21-23-25-27-29-31-32-33-34-35-36-37-38-39-40-41-43-45-47-49-51-53-55-57-59-61-63-65-67-75(88)84-71(70-94-82-80(93)78(91)81(74(69-86)96-82)97-83-79(92)77(90)76(89)73(68-85)95-83)72(87)66-64-62-60-58-56-54-52-50-48-46-44-42-30-28-26-24-22-20-18-16-14-12-10-8-6-4-2/h5,7,11,13,17,19,23,25,29,31,33-34,36-37,39-40,43,45,71-74,76-83,85-87,89-93H,3-4,6,8-10,12,14-16,18,20-22,24,26-28,30,32,35,38,41-42,44,46-70H2,1-2H3,(H,84,88)/b7-5-,13-11-,19-17-,25-23-,31-29-,34-33-,37-36-,40-39-,45-43-. The van der Waals surface area contributed by atoms with E-state index in [1.165, 1.54) is 173 Å². The lowest BCUT2D eigenvalue weighted by Crippen LogP contribution is -2.65. The normalized spacial score (nSPS) is 22.7. The van der Waals surface area contributed by atoms with Crippen molar-refractivity contribution in [1.82, 2.24) is 5.32 Å². The molecule has 0 aromatic heterocycles. The van der Waals surface area contributed by atoms with Gasteiger partial charge in [0.2, 0.25) is 5.91 Å². The monoisotopic (exact) mass is 1360 g/mol. The molecule has 9 N–H and O–H groups in total. The van der Waals surface area contributed by atoms with Crippen molar-refractivity contribution in [2.45, 2.75) is 389 Å². The zero-order valence-electron chi connectivity index (χ0n) is 61.3. The first-order chi connectivity index (χ1) is 47.6. The second-order valence-electron chi connectivity index (χ2n) is 27.5. The summed E-state index contributed by atoms with van der Waals surface area (Å²) < 4.78 is 23.0. The number of allylic oxidation sites excluding steroid dienone is 18. The minimum atomic E-state index is -1.79. The average Bonchev–Trinajstić information content (AvgIpc) is 0.794. The van der Waals surface area contributed by atoms with Crippen molar-refractivity contribution in [3.8, 4) is 0 Å². The fourth-order valence-electron chi connectivity index (χ4n) is 12.5. The van der Waals surface area contributed by atoms with Crippen molar-refractivity contribution in [3.05, 3.63) is 109 Å². The topological polar surface area (TPSA) is 228 Å². The molecule has 0 saturated carbocycles. The number of hydrogen-bond donors (Lipinski definition) is 9. The summed E-state index contributed by atoms with van der Waals surface area (Å²) in [5.41, 5.74) is 0. The molecular weight excluding hydrogens is 1220 g/mol. The molecule has 0 radical (unpaired) electrons. The van der Waals surface area contributed by atoms with Crippen LogP contribution in [0.15, 0.2) is 109 Å². The van der Waals surface area contributed by atoms with Gasteiger partial charge in [-0.25, -0.2) is 0 Å². The van der Waals surface area contributed by atoms with E-state index in [1.807, 2.05) is 0 Å². The lowest BCUT2D eigenvalue weighted by molar-refractivity contribution is -0.359. The van der Waals surface area contributed by atoms with E-state index in [1.54, 1.807) is 0 Å². The molecule has 0 aromatic carbocycles. The first-order valence-corrected chi connectivity index (χ1v) is 39.6. The van der Waals surface area contributed by atoms with Crippen LogP contribution in [0.4, 0.5) is 0 Å². The quantitative estimate of drug-likeness (QED) is 0.0204. The number of aliphatic hydroxyl groups excluding tert-OH is 8. The molecule has 12 unspecified atom stereocenters. The van der Waals surface area contributed by atoms with Gasteiger partial charge in [0.25, 0.3) is 0 Å². The molecule has 2 rings (SSSR count).